The van der Waals surface area contributed by atoms with Crippen LogP contribution in [0.3, 0.4) is 0 Å². The first-order valence-electron chi connectivity index (χ1n) is 24.5. The number of benzene rings is 7. The Kier molecular flexibility index (Phi) is 10.5. The Morgan fingerprint density at radius 1 is 0.586 bits per heavy atom. The smallest absolute Gasteiger partial charge is 0.0991 e. The van der Waals surface area contributed by atoms with E-state index < -0.39 is 0 Å². The highest BCUT2D eigenvalue weighted by molar-refractivity contribution is 6.09. The van der Waals surface area contributed by atoms with Crippen molar-refractivity contribution in [3.05, 3.63) is 252 Å². The van der Waals surface area contributed by atoms with Crippen molar-refractivity contribution in [3.8, 4) is 12.1 Å². The lowest BCUT2D eigenvalue weighted by atomic mass is 9.76. The number of para-hydroxylation sites is 3. The molecule has 0 fully saturated rings. The second-order valence-corrected chi connectivity index (χ2v) is 19.5. The summed E-state index contributed by atoms with van der Waals surface area (Å²) in [6, 6.07) is 65.1. The molecular weight excluding hydrogens is 853 g/mol. The molecule has 2 heterocycles. The van der Waals surface area contributed by atoms with Crippen LogP contribution in [0.15, 0.2) is 230 Å². The Balaban J connectivity index is 0.879. The molecule has 70 heavy (non-hydrogen) atoms. The molecule has 8 aromatic rings. The van der Waals surface area contributed by atoms with Crippen LogP contribution in [-0.2, 0) is 5.41 Å². The molecule has 0 bridgehead atoms. The molecule has 0 saturated carbocycles. The third-order valence-corrected chi connectivity index (χ3v) is 15.3. The van der Waals surface area contributed by atoms with Gasteiger partial charge in [-0.1, -0.05) is 110 Å². The second-order valence-electron chi connectivity index (χ2n) is 19.5. The molecule has 6 heteroatoms. The molecule has 4 unspecified atom stereocenters. The molecule has 4 atom stereocenters. The molecule has 0 spiro atoms. The van der Waals surface area contributed by atoms with E-state index in [-0.39, 0.29) is 16.9 Å². The Hall–Kier alpha value is -8.58. The highest BCUT2D eigenvalue weighted by Crippen LogP contribution is 2.55. The van der Waals surface area contributed by atoms with Crippen molar-refractivity contribution in [3.63, 3.8) is 0 Å². The Labute approximate surface area is 410 Å². The quantitative estimate of drug-likeness (QED) is 0.135. The zero-order chi connectivity index (χ0) is 47.4. The molecule has 6 nitrogen and oxygen atoms in total. The minimum atomic E-state index is -0.304. The first-order valence-corrected chi connectivity index (χ1v) is 24.5. The van der Waals surface area contributed by atoms with E-state index in [0.717, 1.165) is 59.8 Å². The predicted octanol–water partition coefficient (Wildman–Crippen LogP) is 16.0. The summed E-state index contributed by atoms with van der Waals surface area (Å²) in [4.78, 5) is 7.14. The zero-order valence-electron chi connectivity index (χ0n) is 39.5. The van der Waals surface area contributed by atoms with E-state index >= 15 is 0 Å². The van der Waals surface area contributed by atoms with E-state index in [9.17, 15) is 10.5 Å². The monoisotopic (exact) mass is 904 g/mol. The highest BCUT2D eigenvalue weighted by Gasteiger charge is 2.48. The molecule has 7 aromatic carbocycles. The lowest BCUT2D eigenvalue weighted by molar-refractivity contribution is 0.485. The maximum Gasteiger partial charge on any atom is 0.0991 e. The van der Waals surface area contributed by atoms with Crippen LogP contribution in [0.1, 0.15) is 73.7 Å². The van der Waals surface area contributed by atoms with Crippen molar-refractivity contribution >= 4 is 55.9 Å². The third-order valence-electron chi connectivity index (χ3n) is 15.3. The normalized spacial score (nSPS) is 21.1. The fourth-order valence-electron chi connectivity index (χ4n) is 11.6. The van der Waals surface area contributed by atoms with Gasteiger partial charge in [0, 0.05) is 84.7 Å². The first-order chi connectivity index (χ1) is 34.3. The average Bonchev–Trinajstić information content (AvgIpc) is 3.89. The van der Waals surface area contributed by atoms with Crippen molar-refractivity contribution < 1.29 is 0 Å². The summed E-state index contributed by atoms with van der Waals surface area (Å²) >= 11 is 0. The van der Waals surface area contributed by atoms with Crippen LogP contribution in [0.5, 0.6) is 0 Å². The van der Waals surface area contributed by atoms with Crippen molar-refractivity contribution in [2.75, 3.05) is 14.7 Å². The standard InChI is InChI=1S/C64H52N6/c1-63(38-35-52(36-39-63)68(50-29-23-46(44-66)24-30-50)55-37-40-64(2)59(42-55)57-18-10-12-20-62(57)70(64)53-15-7-4-8-16-53)47-25-31-51(32-26-47)67(49-27-21-45(43-65)22-28-49)54-33-34-61-58(41-54)56-17-9-11-19-60(56)69(61)48-13-5-3-6-14-48/h3-5,7-12,15-38,40-42,48,59H,6,13-14,39H2,1-2H3. The molecule has 338 valence electrons. The highest BCUT2D eigenvalue weighted by atomic mass is 15.2. The van der Waals surface area contributed by atoms with Crippen LogP contribution in [0.25, 0.3) is 21.8 Å². The van der Waals surface area contributed by atoms with E-state index in [2.05, 4.69) is 227 Å². The number of nitriles is 2. The minimum Gasteiger partial charge on any atom is -0.337 e. The van der Waals surface area contributed by atoms with Gasteiger partial charge in [0.15, 0.2) is 0 Å². The van der Waals surface area contributed by atoms with Gasteiger partial charge in [0.25, 0.3) is 0 Å². The fourth-order valence-corrected chi connectivity index (χ4v) is 11.6. The Bertz CT molecular complexity index is 3560. The lowest BCUT2D eigenvalue weighted by Gasteiger charge is -2.41. The number of fused-ring (bicyclic) bond motifs is 6. The second kappa shape index (κ2) is 17.2. The zero-order valence-corrected chi connectivity index (χ0v) is 39.5. The minimum absolute atomic E-state index is 0.104. The molecule has 0 radical (unpaired) electrons. The largest absolute Gasteiger partial charge is 0.337 e. The van der Waals surface area contributed by atoms with Gasteiger partial charge in [-0.25, -0.2) is 0 Å². The summed E-state index contributed by atoms with van der Waals surface area (Å²) in [6.07, 6.45) is 22.8. The van der Waals surface area contributed by atoms with Gasteiger partial charge in [0.1, 0.15) is 0 Å². The number of allylic oxidation sites excluding steroid dienone is 6. The SMILES string of the molecule is CC1(c2ccc(N(c3ccc(C#N)cc3)c3ccc4c(c3)c3ccccc3n4C3CC=CCC3)cc2)C=CC(N(C2=CC3c4ccccc4N(c4ccccc4)C3(C)C=C2)c2ccc(C#N)cc2)=CC1. The summed E-state index contributed by atoms with van der Waals surface area (Å²) in [5.74, 6) is 0.104. The van der Waals surface area contributed by atoms with E-state index in [1.165, 1.54) is 44.3 Å². The van der Waals surface area contributed by atoms with Crippen molar-refractivity contribution in [1.29, 1.82) is 10.5 Å². The van der Waals surface area contributed by atoms with E-state index in [0.29, 0.717) is 17.2 Å². The summed E-state index contributed by atoms with van der Waals surface area (Å²) in [5, 5.41) is 22.0. The molecule has 1 aliphatic heterocycles. The molecule has 1 aromatic heterocycles. The molecule has 3 aliphatic carbocycles. The molecule has 0 saturated heterocycles. The molecule has 0 N–H and O–H groups in total. The van der Waals surface area contributed by atoms with Crippen LogP contribution in [0, 0.1) is 22.7 Å². The van der Waals surface area contributed by atoms with Crippen LogP contribution in [0.4, 0.5) is 34.1 Å². The van der Waals surface area contributed by atoms with Crippen molar-refractivity contribution in [2.24, 2.45) is 0 Å². The predicted molar refractivity (Wildman–Crippen MR) is 287 cm³/mol. The van der Waals surface area contributed by atoms with Crippen molar-refractivity contribution in [1.82, 2.24) is 4.57 Å². The maximum absolute atomic E-state index is 9.74. The fraction of sp³-hybridized carbons (Fsp3) is 0.156. The van der Waals surface area contributed by atoms with Gasteiger partial charge < -0.3 is 19.3 Å². The van der Waals surface area contributed by atoms with Crippen LogP contribution in [0.2, 0.25) is 0 Å². The Morgan fingerprint density at radius 3 is 1.90 bits per heavy atom. The molecular formula is C64H52N6. The van der Waals surface area contributed by atoms with Gasteiger partial charge in [-0.3, -0.25) is 0 Å². The summed E-state index contributed by atoms with van der Waals surface area (Å²) in [6.45, 7) is 4.66. The van der Waals surface area contributed by atoms with Gasteiger partial charge in [-0.15, -0.1) is 0 Å². The van der Waals surface area contributed by atoms with Gasteiger partial charge in [-0.2, -0.15) is 10.5 Å². The van der Waals surface area contributed by atoms with E-state index in [1.54, 1.807) is 0 Å². The summed E-state index contributed by atoms with van der Waals surface area (Å²) in [5.41, 5.74) is 14.5. The maximum atomic E-state index is 9.74. The number of aromatic nitrogens is 1. The van der Waals surface area contributed by atoms with Gasteiger partial charge in [-0.05, 0) is 159 Å². The van der Waals surface area contributed by atoms with Crippen LogP contribution < -0.4 is 14.7 Å². The topological polar surface area (TPSA) is 62.2 Å². The summed E-state index contributed by atoms with van der Waals surface area (Å²) in [7, 11) is 0. The number of hydrogen-bond donors (Lipinski definition) is 0. The van der Waals surface area contributed by atoms with Gasteiger partial charge in [0.05, 0.1) is 28.8 Å². The number of hydrogen-bond acceptors (Lipinski definition) is 5. The van der Waals surface area contributed by atoms with E-state index in [4.69, 9.17) is 0 Å². The van der Waals surface area contributed by atoms with Crippen LogP contribution >= 0.6 is 0 Å². The molecule has 4 aliphatic rings. The third kappa shape index (κ3) is 7.15. The number of nitrogens with zero attached hydrogens (tertiary/aromatic N) is 6. The Morgan fingerprint density at radius 2 is 1.21 bits per heavy atom. The first kappa shape index (κ1) is 42.8. The molecule has 0 amide bonds. The number of anilines is 6. The summed E-state index contributed by atoms with van der Waals surface area (Å²) < 4.78 is 2.56. The van der Waals surface area contributed by atoms with Crippen LogP contribution in [-0.4, -0.2) is 10.1 Å². The van der Waals surface area contributed by atoms with E-state index in [1.807, 2.05) is 36.4 Å². The number of rotatable bonds is 9. The lowest BCUT2D eigenvalue weighted by Crippen LogP contribution is -2.43. The van der Waals surface area contributed by atoms with Gasteiger partial charge >= 0.3 is 0 Å². The molecule has 12 rings (SSSR count). The van der Waals surface area contributed by atoms with Gasteiger partial charge in [0.2, 0.25) is 0 Å². The average molecular weight is 905 g/mol. The van der Waals surface area contributed by atoms with Crippen molar-refractivity contribution in [2.45, 2.75) is 62.4 Å².